The summed E-state index contributed by atoms with van der Waals surface area (Å²) in [5.74, 6) is 2.26. The quantitative estimate of drug-likeness (QED) is 0.277. The van der Waals surface area contributed by atoms with E-state index in [1.54, 1.807) is 0 Å². The number of benzene rings is 4. The average molecular weight is 545 g/mol. The maximum Gasteiger partial charge on any atom is 0.231 e. The SMILES string of the molecule is Cc1cccc(Nc2cc(N3CCN(Cc4ccc5c(c4)OCO5)CC3)c3noc4c3c2C(=O)c2ccccc2-4)c1. The van der Waals surface area contributed by atoms with E-state index in [2.05, 4.69) is 57.5 Å². The number of carbonyl (C=O) groups excluding carboxylic acids is 1. The van der Waals surface area contributed by atoms with Crippen LogP contribution in [0.1, 0.15) is 27.0 Å². The van der Waals surface area contributed by atoms with Gasteiger partial charge in [-0.3, -0.25) is 9.69 Å². The van der Waals surface area contributed by atoms with Gasteiger partial charge < -0.3 is 24.2 Å². The molecule has 4 aromatic carbocycles. The number of nitrogens with one attached hydrogen (secondary N) is 1. The third kappa shape index (κ3) is 4.02. The number of carbonyl (C=O) groups is 1. The summed E-state index contributed by atoms with van der Waals surface area (Å²) in [4.78, 5) is 18.7. The standard InChI is InChI=1S/C33H28N4O4/c1-20-5-4-6-22(15-20)34-25-17-26(31-30-29(25)32(38)23-7-2-3-8-24(23)33(30)41-35-31)37-13-11-36(12-14-37)18-21-9-10-27-28(16-21)40-19-39-27/h2-10,15-17,34H,11-14,18-19H2,1H3. The molecule has 1 aliphatic carbocycles. The van der Waals surface area contributed by atoms with Crippen molar-refractivity contribution in [2.45, 2.75) is 13.5 Å². The van der Waals surface area contributed by atoms with Gasteiger partial charge in [0.25, 0.3) is 0 Å². The van der Waals surface area contributed by atoms with E-state index in [0.717, 1.165) is 83.3 Å². The summed E-state index contributed by atoms with van der Waals surface area (Å²) in [5.41, 5.74) is 7.80. The molecule has 3 heterocycles. The first-order chi connectivity index (χ1) is 20.1. The van der Waals surface area contributed by atoms with Gasteiger partial charge in [-0.05, 0) is 48.4 Å². The zero-order chi connectivity index (χ0) is 27.5. The van der Waals surface area contributed by atoms with Crippen LogP contribution in [0.3, 0.4) is 0 Å². The first kappa shape index (κ1) is 24.0. The topological polar surface area (TPSA) is 80.1 Å². The molecular weight excluding hydrogens is 516 g/mol. The number of aromatic nitrogens is 1. The van der Waals surface area contributed by atoms with Crippen molar-refractivity contribution < 1.29 is 18.8 Å². The minimum absolute atomic E-state index is 0.0171. The summed E-state index contributed by atoms with van der Waals surface area (Å²) in [6.45, 7) is 6.64. The molecule has 3 aliphatic rings. The van der Waals surface area contributed by atoms with Crippen molar-refractivity contribution in [3.63, 3.8) is 0 Å². The van der Waals surface area contributed by atoms with Crippen LogP contribution in [0, 0.1) is 6.92 Å². The van der Waals surface area contributed by atoms with Crippen molar-refractivity contribution in [2.75, 3.05) is 43.2 Å². The normalized spacial score (nSPS) is 15.8. The molecular formula is C33H28N4O4. The minimum Gasteiger partial charge on any atom is -0.454 e. The number of hydrogen-bond acceptors (Lipinski definition) is 8. The van der Waals surface area contributed by atoms with Gasteiger partial charge >= 0.3 is 0 Å². The summed E-state index contributed by atoms with van der Waals surface area (Å²) < 4.78 is 17.0. The fourth-order valence-electron chi connectivity index (χ4n) is 6.20. The molecule has 0 spiro atoms. The highest BCUT2D eigenvalue weighted by Gasteiger charge is 2.34. The van der Waals surface area contributed by atoms with Crippen molar-refractivity contribution in [2.24, 2.45) is 0 Å². The molecule has 0 bridgehead atoms. The highest BCUT2D eigenvalue weighted by atomic mass is 16.7. The second-order valence-electron chi connectivity index (χ2n) is 10.9. The molecule has 1 fully saturated rings. The van der Waals surface area contributed by atoms with Crippen LogP contribution in [0.4, 0.5) is 17.1 Å². The Kier molecular flexibility index (Phi) is 5.50. The van der Waals surface area contributed by atoms with Gasteiger partial charge in [-0.1, -0.05) is 47.6 Å². The molecule has 2 aliphatic heterocycles. The van der Waals surface area contributed by atoms with E-state index in [0.29, 0.717) is 16.9 Å². The smallest absolute Gasteiger partial charge is 0.231 e. The highest BCUT2D eigenvalue weighted by molar-refractivity contribution is 6.28. The highest BCUT2D eigenvalue weighted by Crippen LogP contribution is 2.46. The molecule has 1 aromatic heterocycles. The Balaban J connectivity index is 1.15. The Morgan fingerprint density at radius 3 is 2.56 bits per heavy atom. The lowest BCUT2D eigenvalue weighted by Gasteiger charge is -2.36. The molecule has 8 nitrogen and oxygen atoms in total. The number of fused-ring (bicyclic) bond motifs is 3. The average Bonchev–Trinajstić information content (AvgIpc) is 3.64. The van der Waals surface area contributed by atoms with E-state index in [4.69, 9.17) is 14.0 Å². The van der Waals surface area contributed by atoms with E-state index < -0.39 is 0 Å². The van der Waals surface area contributed by atoms with Crippen molar-refractivity contribution in [1.82, 2.24) is 10.1 Å². The van der Waals surface area contributed by atoms with Gasteiger partial charge in [0.2, 0.25) is 6.79 Å². The number of aryl methyl sites for hydroxylation is 1. The van der Waals surface area contributed by atoms with Gasteiger partial charge in [0.15, 0.2) is 23.0 Å². The monoisotopic (exact) mass is 544 g/mol. The van der Waals surface area contributed by atoms with Gasteiger partial charge in [0.05, 0.1) is 22.3 Å². The molecule has 0 radical (unpaired) electrons. The lowest BCUT2D eigenvalue weighted by Crippen LogP contribution is -2.46. The molecule has 5 aromatic rings. The van der Waals surface area contributed by atoms with Crippen LogP contribution in [-0.2, 0) is 6.54 Å². The Hall–Kier alpha value is -4.82. The van der Waals surface area contributed by atoms with E-state index in [1.807, 2.05) is 42.5 Å². The predicted molar refractivity (Wildman–Crippen MR) is 157 cm³/mol. The number of hydrogen-bond donors (Lipinski definition) is 1. The van der Waals surface area contributed by atoms with Crippen LogP contribution < -0.4 is 19.7 Å². The summed E-state index contributed by atoms with van der Waals surface area (Å²) in [5, 5.41) is 8.89. The van der Waals surface area contributed by atoms with Crippen LogP contribution in [-0.4, -0.2) is 48.8 Å². The van der Waals surface area contributed by atoms with Crippen LogP contribution in [0.15, 0.2) is 77.3 Å². The van der Waals surface area contributed by atoms with Crippen LogP contribution in [0.5, 0.6) is 11.5 Å². The van der Waals surface area contributed by atoms with Crippen molar-refractivity contribution >= 4 is 33.7 Å². The number of ketones is 1. The number of nitrogens with zero attached hydrogens (tertiary/aromatic N) is 3. The Bertz CT molecular complexity index is 1840. The Labute approximate surface area is 237 Å². The lowest BCUT2D eigenvalue weighted by molar-refractivity contribution is 0.104. The summed E-state index contributed by atoms with van der Waals surface area (Å²) >= 11 is 0. The van der Waals surface area contributed by atoms with E-state index in [1.165, 1.54) is 5.56 Å². The minimum atomic E-state index is -0.0171. The van der Waals surface area contributed by atoms with Gasteiger partial charge in [-0.2, -0.15) is 0 Å². The third-order valence-electron chi connectivity index (χ3n) is 8.23. The second kappa shape index (κ2) is 9.38. The molecule has 8 rings (SSSR count). The lowest BCUT2D eigenvalue weighted by atomic mass is 9.86. The summed E-state index contributed by atoms with van der Waals surface area (Å²) in [6.07, 6.45) is 0. The van der Waals surface area contributed by atoms with Gasteiger partial charge in [-0.25, -0.2) is 0 Å². The fourth-order valence-corrected chi connectivity index (χ4v) is 6.20. The first-order valence-electron chi connectivity index (χ1n) is 13.9. The number of piperazine rings is 1. The zero-order valence-corrected chi connectivity index (χ0v) is 22.6. The second-order valence-corrected chi connectivity index (χ2v) is 10.9. The molecule has 8 heteroatoms. The molecule has 0 saturated carbocycles. The van der Waals surface area contributed by atoms with Crippen LogP contribution in [0.2, 0.25) is 0 Å². The molecule has 0 amide bonds. The van der Waals surface area contributed by atoms with Crippen molar-refractivity contribution in [3.8, 4) is 22.8 Å². The largest absolute Gasteiger partial charge is 0.454 e. The zero-order valence-electron chi connectivity index (χ0n) is 22.6. The van der Waals surface area contributed by atoms with Crippen molar-refractivity contribution in [1.29, 1.82) is 0 Å². The van der Waals surface area contributed by atoms with E-state index in [9.17, 15) is 4.79 Å². The van der Waals surface area contributed by atoms with E-state index >= 15 is 0 Å². The molecule has 0 unspecified atom stereocenters. The number of ether oxygens (including phenoxy) is 2. The van der Waals surface area contributed by atoms with Gasteiger partial charge in [0, 0.05) is 49.5 Å². The maximum atomic E-state index is 13.9. The predicted octanol–water partition coefficient (Wildman–Crippen LogP) is 6.14. The van der Waals surface area contributed by atoms with Crippen LogP contribution >= 0.6 is 0 Å². The van der Waals surface area contributed by atoms with E-state index in [-0.39, 0.29) is 12.6 Å². The van der Waals surface area contributed by atoms with Gasteiger partial charge in [-0.15, -0.1) is 0 Å². The number of rotatable bonds is 5. The fraction of sp³-hybridized carbons (Fsp3) is 0.212. The number of anilines is 3. The maximum absolute atomic E-state index is 13.9. The molecule has 41 heavy (non-hydrogen) atoms. The molecule has 0 atom stereocenters. The Morgan fingerprint density at radius 2 is 1.71 bits per heavy atom. The van der Waals surface area contributed by atoms with Gasteiger partial charge in [0.1, 0.15) is 5.52 Å². The molecule has 204 valence electrons. The van der Waals surface area contributed by atoms with Crippen LogP contribution in [0.25, 0.3) is 22.2 Å². The third-order valence-corrected chi connectivity index (χ3v) is 8.23. The molecule has 1 saturated heterocycles. The van der Waals surface area contributed by atoms with Crippen molar-refractivity contribution in [3.05, 3.63) is 95.1 Å². The first-order valence-corrected chi connectivity index (χ1v) is 13.9. The summed E-state index contributed by atoms with van der Waals surface area (Å²) in [7, 11) is 0. The molecule has 1 N–H and O–H groups in total. The summed E-state index contributed by atoms with van der Waals surface area (Å²) in [6, 6.07) is 24.0. The Morgan fingerprint density at radius 1 is 0.878 bits per heavy atom.